The standard InChI is InChI=1S/C12H13.2ClH.Zr/c1-9(2)11-8-7-10-5-3-4-6-12(10)11;;;/h3-9H,1-2H3;2*1H;/q-1;;;+3/p-2. The number of hydrogen-bond acceptors (Lipinski definition) is 0. The molecule has 0 heterocycles. The van der Waals surface area contributed by atoms with Gasteiger partial charge in [-0.25, -0.2) is 0 Å². The van der Waals surface area contributed by atoms with Crippen molar-refractivity contribution in [2.45, 2.75) is 19.8 Å². The minimum absolute atomic E-state index is 0. The molecule has 0 aromatic heterocycles. The van der Waals surface area contributed by atoms with Crippen molar-refractivity contribution in [3.05, 3.63) is 42.0 Å². The Hall–Kier alpha value is 0.293. The van der Waals surface area contributed by atoms with Gasteiger partial charge in [0.05, 0.1) is 0 Å². The van der Waals surface area contributed by atoms with Gasteiger partial charge < -0.3 is 24.8 Å². The van der Waals surface area contributed by atoms with Crippen molar-refractivity contribution >= 4 is 10.8 Å². The molecule has 0 nitrogen and oxygen atoms in total. The molecule has 0 fully saturated rings. The van der Waals surface area contributed by atoms with Gasteiger partial charge in [-0.05, 0) is 0 Å². The van der Waals surface area contributed by atoms with Gasteiger partial charge in [0.25, 0.3) is 0 Å². The second-order valence-corrected chi connectivity index (χ2v) is 3.53. The molecule has 0 aliphatic heterocycles. The summed E-state index contributed by atoms with van der Waals surface area (Å²) in [4.78, 5) is 0. The van der Waals surface area contributed by atoms with Crippen LogP contribution in [0.25, 0.3) is 10.8 Å². The molecule has 0 atom stereocenters. The molecule has 79 valence electrons. The Kier molecular flexibility index (Phi) is 8.90. The largest absolute Gasteiger partial charge is 3.00 e. The van der Waals surface area contributed by atoms with Gasteiger partial charge in [0.15, 0.2) is 0 Å². The van der Waals surface area contributed by atoms with Crippen LogP contribution in [-0.4, -0.2) is 0 Å². The zero-order valence-corrected chi connectivity index (χ0v) is 12.8. The molecule has 0 saturated heterocycles. The van der Waals surface area contributed by atoms with Gasteiger partial charge in [0, 0.05) is 0 Å². The van der Waals surface area contributed by atoms with Crippen LogP contribution in [0.1, 0.15) is 25.3 Å². The van der Waals surface area contributed by atoms with E-state index in [1.807, 2.05) is 0 Å². The van der Waals surface area contributed by atoms with Crippen LogP contribution in [0.4, 0.5) is 0 Å². The Bertz CT molecular complexity index is 393. The van der Waals surface area contributed by atoms with E-state index in [4.69, 9.17) is 0 Å². The molecule has 0 aliphatic carbocycles. The van der Waals surface area contributed by atoms with Gasteiger partial charge in [0.1, 0.15) is 0 Å². The van der Waals surface area contributed by atoms with E-state index in [9.17, 15) is 0 Å². The Balaban J connectivity index is 0. The Labute approximate surface area is 123 Å². The van der Waals surface area contributed by atoms with E-state index in [2.05, 4.69) is 50.2 Å². The third-order valence-electron chi connectivity index (χ3n) is 2.34. The predicted molar refractivity (Wildman–Crippen MR) is 53.6 cm³/mol. The molecular formula is C12H13Cl2Zr. The van der Waals surface area contributed by atoms with Crippen LogP contribution in [0.2, 0.25) is 0 Å². The number of hydrogen-bond donors (Lipinski definition) is 0. The predicted octanol–water partition coefficient (Wildman–Crippen LogP) is -2.31. The van der Waals surface area contributed by atoms with E-state index in [1.54, 1.807) is 0 Å². The first-order valence-corrected chi connectivity index (χ1v) is 4.43. The summed E-state index contributed by atoms with van der Waals surface area (Å²) in [7, 11) is 0. The van der Waals surface area contributed by atoms with E-state index in [0.717, 1.165) is 0 Å². The summed E-state index contributed by atoms with van der Waals surface area (Å²) in [6, 6.07) is 13.0. The SMILES string of the molecule is CC(C)c1c[cH-]c2ccccc12.[Cl-].[Cl-].[Zr+3]. The zero-order valence-electron chi connectivity index (χ0n) is 8.80. The van der Waals surface area contributed by atoms with Gasteiger partial charge in [0.2, 0.25) is 0 Å². The van der Waals surface area contributed by atoms with E-state index in [-0.39, 0.29) is 51.0 Å². The number of benzene rings is 1. The summed E-state index contributed by atoms with van der Waals surface area (Å²) < 4.78 is 0. The van der Waals surface area contributed by atoms with Crippen molar-refractivity contribution in [2.75, 3.05) is 0 Å². The first kappa shape index (κ1) is 17.7. The fourth-order valence-corrected chi connectivity index (χ4v) is 1.68. The molecular weight excluding hydrogens is 306 g/mol. The second-order valence-electron chi connectivity index (χ2n) is 3.53. The normalized spacial score (nSPS) is 9.00. The molecule has 1 radical (unpaired) electrons. The Morgan fingerprint density at radius 1 is 1.07 bits per heavy atom. The van der Waals surface area contributed by atoms with Crippen LogP contribution in [0.3, 0.4) is 0 Å². The van der Waals surface area contributed by atoms with Crippen LogP contribution in [0, 0.1) is 0 Å². The van der Waals surface area contributed by atoms with Crippen molar-refractivity contribution < 1.29 is 51.0 Å². The van der Waals surface area contributed by atoms with Crippen LogP contribution in [-0.2, 0) is 26.2 Å². The summed E-state index contributed by atoms with van der Waals surface area (Å²) in [5, 5.41) is 2.77. The van der Waals surface area contributed by atoms with Crippen molar-refractivity contribution in [1.29, 1.82) is 0 Å². The average Bonchev–Trinajstić information content (AvgIpc) is 2.47. The van der Waals surface area contributed by atoms with Crippen LogP contribution in [0.5, 0.6) is 0 Å². The molecule has 0 unspecified atom stereocenters. The van der Waals surface area contributed by atoms with Crippen LogP contribution < -0.4 is 24.8 Å². The maximum atomic E-state index is 2.24. The maximum absolute atomic E-state index is 2.24. The van der Waals surface area contributed by atoms with E-state index < -0.39 is 0 Å². The zero-order chi connectivity index (χ0) is 8.55. The smallest absolute Gasteiger partial charge is 1.00 e. The van der Waals surface area contributed by atoms with Crippen LogP contribution >= 0.6 is 0 Å². The third kappa shape index (κ3) is 3.66. The Morgan fingerprint density at radius 2 is 1.67 bits per heavy atom. The van der Waals surface area contributed by atoms with Gasteiger partial charge in [-0.3, -0.25) is 0 Å². The first-order chi connectivity index (χ1) is 5.79. The fourth-order valence-electron chi connectivity index (χ4n) is 1.68. The summed E-state index contributed by atoms with van der Waals surface area (Å²) >= 11 is 0. The summed E-state index contributed by atoms with van der Waals surface area (Å²) in [6.45, 7) is 4.48. The molecule has 0 N–H and O–H groups in total. The molecule has 0 amide bonds. The van der Waals surface area contributed by atoms with E-state index >= 15 is 0 Å². The van der Waals surface area contributed by atoms with Gasteiger partial charge in [-0.2, -0.15) is 5.56 Å². The summed E-state index contributed by atoms with van der Waals surface area (Å²) in [5.41, 5.74) is 1.46. The fraction of sp³-hybridized carbons (Fsp3) is 0.250. The third-order valence-corrected chi connectivity index (χ3v) is 2.34. The molecule has 15 heavy (non-hydrogen) atoms. The number of rotatable bonds is 1. The minimum atomic E-state index is 0. The van der Waals surface area contributed by atoms with Crippen molar-refractivity contribution in [2.24, 2.45) is 0 Å². The number of fused-ring (bicyclic) bond motifs is 1. The molecule has 2 aromatic rings. The maximum Gasteiger partial charge on any atom is 3.00 e. The van der Waals surface area contributed by atoms with Gasteiger partial charge >= 0.3 is 26.2 Å². The summed E-state index contributed by atoms with van der Waals surface area (Å²) in [5.74, 6) is 0.630. The molecule has 0 bridgehead atoms. The van der Waals surface area contributed by atoms with E-state index in [0.29, 0.717) is 5.92 Å². The van der Waals surface area contributed by atoms with Crippen LogP contribution in [0.15, 0.2) is 36.4 Å². The monoisotopic (exact) mass is 317 g/mol. The second kappa shape index (κ2) is 7.55. The molecule has 3 heteroatoms. The average molecular weight is 319 g/mol. The van der Waals surface area contributed by atoms with Crippen molar-refractivity contribution in [3.63, 3.8) is 0 Å². The molecule has 0 saturated carbocycles. The van der Waals surface area contributed by atoms with E-state index in [1.165, 1.54) is 16.3 Å². The Morgan fingerprint density at radius 3 is 2.27 bits per heavy atom. The van der Waals surface area contributed by atoms with Crippen molar-refractivity contribution in [3.8, 4) is 0 Å². The van der Waals surface area contributed by atoms with Crippen molar-refractivity contribution in [1.82, 2.24) is 0 Å². The molecule has 2 rings (SSSR count). The minimum Gasteiger partial charge on any atom is -1.00 e. The topological polar surface area (TPSA) is 0 Å². The van der Waals surface area contributed by atoms with Gasteiger partial charge in [-0.15, -0.1) is 41.1 Å². The van der Waals surface area contributed by atoms with Gasteiger partial charge in [-0.1, -0.05) is 25.8 Å². The molecule has 0 aliphatic rings. The quantitative estimate of drug-likeness (QED) is 0.518. The number of halogens is 2. The molecule has 0 spiro atoms. The summed E-state index contributed by atoms with van der Waals surface area (Å²) in [6.07, 6.45) is 0. The first-order valence-electron chi connectivity index (χ1n) is 4.43. The molecule has 2 aromatic carbocycles.